The first-order valence-electron chi connectivity index (χ1n) is 6.41. The lowest BCUT2D eigenvalue weighted by atomic mass is 10.0. The number of likely N-dealkylation sites (tertiary alicyclic amines) is 1. The van der Waals surface area contributed by atoms with E-state index in [0.717, 1.165) is 31.7 Å². The standard InChI is InChI=1S/C14H17FN2O/c1-9-2-3-12(15)4-13(9)14(18)17-7-10-5-16-6-11(10)8-17/h2-4,10-11,16H,5-8H2,1H3/t10-,11+. The van der Waals surface area contributed by atoms with Gasteiger partial charge >= 0.3 is 0 Å². The summed E-state index contributed by atoms with van der Waals surface area (Å²) in [5.41, 5.74) is 1.35. The summed E-state index contributed by atoms with van der Waals surface area (Å²) in [6.07, 6.45) is 0. The van der Waals surface area contributed by atoms with Crippen molar-refractivity contribution in [3.8, 4) is 0 Å². The second kappa shape index (κ2) is 4.35. The molecule has 2 heterocycles. The maximum Gasteiger partial charge on any atom is 0.254 e. The first-order valence-corrected chi connectivity index (χ1v) is 6.41. The fourth-order valence-corrected chi connectivity index (χ4v) is 3.02. The van der Waals surface area contributed by atoms with Crippen LogP contribution in [0.3, 0.4) is 0 Å². The van der Waals surface area contributed by atoms with Crippen LogP contribution in [0, 0.1) is 24.6 Å². The van der Waals surface area contributed by atoms with Gasteiger partial charge in [0, 0.05) is 31.7 Å². The van der Waals surface area contributed by atoms with E-state index in [1.807, 2.05) is 11.8 Å². The maximum absolute atomic E-state index is 13.2. The van der Waals surface area contributed by atoms with Crippen molar-refractivity contribution in [1.29, 1.82) is 0 Å². The Morgan fingerprint density at radius 3 is 2.67 bits per heavy atom. The van der Waals surface area contributed by atoms with Crippen LogP contribution in [0.4, 0.5) is 4.39 Å². The van der Waals surface area contributed by atoms with Crippen LogP contribution >= 0.6 is 0 Å². The molecule has 0 spiro atoms. The zero-order valence-corrected chi connectivity index (χ0v) is 10.4. The van der Waals surface area contributed by atoms with Crippen molar-refractivity contribution in [2.24, 2.45) is 11.8 Å². The largest absolute Gasteiger partial charge is 0.338 e. The van der Waals surface area contributed by atoms with Crippen LogP contribution in [0.15, 0.2) is 18.2 Å². The van der Waals surface area contributed by atoms with Crippen molar-refractivity contribution in [2.75, 3.05) is 26.2 Å². The fourth-order valence-electron chi connectivity index (χ4n) is 3.02. The minimum absolute atomic E-state index is 0.0265. The molecule has 18 heavy (non-hydrogen) atoms. The van der Waals surface area contributed by atoms with E-state index in [2.05, 4.69) is 5.32 Å². The lowest BCUT2D eigenvalue weighted by molar-refractivity contribution is 0.0780. The first kappa shape index (κ1) is 11.7. The summed E-state index contributed by atoms with van der Waals surface area (Å²) in [6.45, 7) is 5.44. The number of nitrogens with zero attached hydrogens (tertiary/aromatic N) is 1. The Morgan fingerprint density at radius 1 is 1.33 bits per heavy atom. The first-order chi connectivity index (χ1) is 8.65. The molecule has 1 aromatic carbocycles. The van der Waals surface area contributed by atoms with E-state index in [1.165, 1.54) is 12.1 Å². The summed E-state index contributed by atoms with van der Waals surface area (Å²) in [6, 6.07) is 4.42. The highest BCUT2D eigenvalue weighted by Gasteiger charge is 2.38. The molecule has 96 valence electrons. The number of benzene rings is 1. The average Bonchev–Trinajstić information content (AvgIpc) is 2.91. The number of nitrogens with one attached hydrogen (secondary N) is 1. The van der Waals surface area contributed by atoms with Crippen LogP contribution in [0.1, 0.15) is 15.9 Å². The molecule has 2 atom stereocenters. The lowest BCUT2D eigenvalue weighted by Crippen LogP contribution is -2.32. The molecular formula is C14H17FN2O. The van der Waals surface area contributed by atoms with Crippen molar-refractivity contribution >= 4 is 5.91 Å². The SMILES string of the molecule is Cc1ccc(F)cc1C(=O)N1C[C@H]2CNC[C@H]2C1. The van der Waals surface area contributed by atoms with Gasteiger partial charge in [0.1, 0.15) is 5.82 Å². The highest BCUT2D eigenvalue weighted by Crippen LogP contribution is 2.28. The van der Waals surface area contributed by atoms with Gasteiger partial charge in [-0.3, -0.25) is 4.79 Å². The summed E-state index contributed by atoms with van der Waals surface area (Å²) in [4.78, 5) is 14.3. The molecule has 2 aliphatic rings. The molecule has 0 bridgehead atoms. The molecule has 1 aromatic rings. The molecule has 4 heteroatoms. The summed E-state index contributed by atoms with van der Waals surface area (Å²) < 4.78 is 13.2. The zero-order valence-electron chi connectivity index (χ0n) is 10.4. The van der Waals surface area contributed by atoms with Gasteiger partial charge in [-0.25, -0.2) is 4.39 Å². The van der Waals surface area contributed by atoms with Gasteiger partial charge in [0.15, 0.2) is 0 Å². The van der Waals surface area contributed by atoms with Crippen LogP contribution < -0.4 is 5.32 Å². The number of hydrogen-bond donors (Lipinski definition) is 1. The fraction of sp³-hybridized carbons (Fsp3) is 0.500. The van der Waals surface area contributed by atoms with Crippen molar-refractivity contribution in [2.45, 2.75) is 6.92 Å². The van der Waals surface area contributed by atoms with Gasteiger partial charge in [-0.15, -0.1) is 0 Å². The molecule has 2 aliphatic heterocycles. The quantitative estimate of drug-likeness (QED) is 0.815. The molecule has 1 N–H and O–H groups in total. The third-order valence-electron chi connectivity index (χ3n) is 4.11. The molecule has 0 aliphatic carbocycles. The zero-order chi connectivity index (χ0) is 12.7. The van der Waals surface area contributed by atoms with Crippen LogP contribution in [0.25, 0.3) is 0 Å². The topological polar surface area (TPSA) is 32.3 Å². The number of fused-ring (bicyclic) bond motifs is 1. The van der Waals surface area contributed by atoms with Gasteiger partial charge in [-0.2, -0.15) is 0 Å². The van der Waals surface area contributed by atoms with Gasteiger partial charge < -0.3 is 10.2 Å². The minimum Gasteiger partial charge on any atom is -0.338 e. The number of rotatable bonds is 1. The van der Waals surface area contributed by atoms with Crippen LogP contribution in [0.2, 0.25) is 0 Å². The third-order valence-corrected chi connectivity index (χ3v) is 4.11. The monoisotopic (exact) mass is 248 g/mol. The van der Waals surface area contributed by atoms with E-state index in [-0.39, 0.29) is 11.7 Å². The lowest BCUT2D eigenvalue weighted by Gasteiger charge is -2.18. The van der Waals surface area contributed by atoms with Crippen LogP contribution in [-0.4, -0.2) is 37.0 Å². The molecule has 3 rings (SSSR count). The Bertz CT molecular complexity index is 477. The molecule has 1 amide bonds. The number of carbonyl (C=O) groups is 1. The van der Waals surface area contributed by atoms with Crippen molar-refractivity contribution in [3.05, 3.63) is 35.1 Å². The predicted octanol–water partition coefficient (Wildman–Crippen LogP) is 1.43. The number of hydrogen-bond acceptors (Lipinski definition) is 2. The summed E-state index contributed by atoms with van der Waals surface area (Å²) in [7, 11) is 0. The minimum atomic E-state index is -0.343. The van der Waals surface area contributed by atoms with E-state index in [4.69, 9.17) is 0 Å². The molecule has 0 saturated carbocycles. The van der Waals surface area contributed by atoms with E-state index < -0.39 is 0 Å². The molecule has 2 saturated heterocycles. The second-order valence-corrected chi connectivity index (χ2v) is 5.35. The summed E-state index contributed by atoms with van der Waals surface area (Å²) in [5, 5.41) is 3.35. The number of amides is 1. The van der Waals surface area contributed by atoms with Gasteiger partial charge in [-0.05, 0) is 36.5 Å². The van der Waals surface area contributed by atoms with Gasteiger partial charge in [0.25, 0.3) is 5.91 Å². The Morgan fingerprint density at radius 2 is 2.00 bits per heavy atom. The van der Waals surface area contributed by atoms with Crippen LogP contribution in [-0.2, 0) is 0 Å². The number of halogens is 1. The van der Waals surface area contributed by atoms with E-state index in [9.17, 15) is 9.18 Å². The highest BCUT2D eigenvalue weighted by molar-refractivity contribution is 5.95. The Hall–Kier alpha value is -1.42. The van der Waals surface area contributed by atoms with Crippen molar-refractivity contribution in [1.82, 2.24) is 10.2 Å². The molecule has 0 unspecified atom stereocenters. The average molecular weight is 248 g/mol. The number of aryl methyl sites for hydroxylation is 1. The van der Waals surface area contributed by atoms with Crippen LogP contribution in [0.5, 0.6) is 0 Å². The van der Waals surface area contributed by atoms with E-state index in [1.54, 1.807) is 6.07 Å². The smallest absolute Gasteiger partial charge is 0.254 e. The van der Waals surface area contributed by atoms with Crippen molar-refractivity contribution < 1.29 is 9.18 Å². The third kappa shape index (κ3) is 1.90. The Labute approximate surface area is 106 Å². The predicted molar refractivity (Wildman–Crippen MR) is 66.9 cm³/mol. The molecule has 0 aromatic heterocycles. The molecule has 3 nitrogen and oxygen atoms in total. The van der Waals surface area contributed by atoms with Gasteiger partial charge in [-0.1, -0.05) is 6.07 Å². The van der Waals surface area contributed by atoms with Crippen molar-refractivity contribution in [3.63, 3.8) is 0 Å². The number of carbonyl (C=O) groups excluding carboxylic acids is 1. The van der Waals surface area contributed by atoms with Gasteiger partial charge in [0.05, 0.1) is 0 Å². The van der Waals surface area contributed by atoms with Gasteiger partial charge in [0.2, 0.25) is 0 Å². The molecule has 2 fully saturated rings. The highest BCUT2D eigenvalue weighted by atomic mass is 19.1. The maximum atomic E-state index is 13.2. The normalized spacial score (nSPS) is 26.4. The van der Waals surface area contributed by atoms with E-state index in [0.29, 0.717) is 17.4 Å². The second-order valence-electron chi connectivity index (χ2n) is 5.35. The van der Waals surface area contributed by atoms with E-state index >= 15 is 0 Å². The molecule has 0 radical (unpaired) electrons. The Balaban J connectivity index is 1.81. The Kier molecular flexibility index (Phi) is 2.82. The molecular weight excluding hydrogens is 231 g/mol. The summed E-state index contributed by atoms with van der Waals surface area (Å²) >= 11 is 0. The summed E-state index contributed by atoms with van der Waals surface area (Å²) in [5.74, 6) is 0.775.